The van der Waals surface area contributed by atoms with Crippen LogP contribution in [0.2, 0.25) is 0 Å². The molecule has 2 aliphatic rings. The van der Waals surface area contributed by atoms with E-state index < -0.39 is 0 Å². The smallest absolute Gasteiger partial charge is 0.270 e. The molecule has 2 fully saturated rings. The van der Waals surface area contributed by atoms with Gasteiger partial charge in [-0.2, -0.15) is 0 Å². The summed E-state index contributed by atoms with van der Waals surface area (Å²) in [6.45, 7) is 1.42. The minimum Gasteiger partial charge on any atom is -0.393 e. The third-order valence-corrected chi connectivity index (χ3v) is 5.20. The topological polar surface area (TPSA) is 71.5 Å². The number of amides is 1. The lowest BCUT2D eigenvalue weighted by atomic mass is 9.87. The largest absolute Gasteiger partial charge is 0.393 e. The normalized spacial score (nSPS) is 29.5. The van der Waals surface area contributed by atoms with E-state index in [9.17, 15) is 9.90 Å². The predicted octanol–water partition coefficient (Wildman–Crippen LogP) is 2.28. The molecule has 3 unspecified atom stereocenters. The Morgan fingerprint density at radius 2 is 2.33 bits per heavy atom. The highest BCUT2D eigenvalue weighted by atomic mass is 32.1. The van der Waals surface area contributed by atoms with Gasteiger partial charge in [-0.25, -0.2) is 4.98 Å². The van der Waals surface area contributed by atoms with Gasteiger partial charge in [0.1, 0.15) is 16.8 Å². The van der Waals surface area contributed by atoms with Crippen LogP contribution in [0.4, 0.5) is 0 Å². The van der Waals surface area contributed by atoms with Crippen LogP contribution in [0.15, 0.2) is 5.38 Å². The van der Waals surface area contributed by atoms with Gasteiger partial charge in [-0.1, -0.05) is 6.42 Å². The van der Waals surface area contributed by atoms with Crippen molar-refractivity contribution in [3.8, 4) is 0 Å². The molecule has 116 valence electrons. The number of carbonyl (C=O) groups excluding carboxylic acids is 1. The highest BCUT2D eigenvalue weighted by Crippen LogP contribution is 2.30. The SMILES string of the molecule is O=C(NCC1CCCC(O)C1)c1csc(C2CCCO2)n1. The van der Waals surface area contributed by atoms with Crippen LogP contribution < -0.4 is 5.32 Å². The maximum absolute atomic E-state index is 12.1. The minimum atomic E-state index is -0.203. The summed E-state index contributed by atoms with van der Waals surface area (Å²) in [5.41, 5.74) is 0.488. The van der Waals surface area contributed by atoms with Crippen molar-refractivity contribution in [2.24, 2.45) is 5.92 Å². The predicted molar refractivity (Wildman–Crippen MR) is 80.3 cm³/mol. The number of hydrogen-bond acceptors (Lipinski definition) is 5. The highest BCUT2D eigenvalue weighted by Gasteiger charge is 2.24. The van der Waals surface area contributed by atoms with Gasteiger partial charge in [0.05, 0.1) is 6.10 Å². The second kappa shape index (κ2) is 6.85. The Hall–Kier alpha value is -0.980. The van der Waals surface area contributed by atoms with Gasteiger partial charge in [0.25, 0.3) is 5.91 Å². The number of rotatable bonds is 4. The van der Waals surface area contributed by atoms with E-state index in [0.29, 0.717) is 18.2 Å². The first kappa shape index (κ1) is 14.9. The molecule has 0 bridgehead atoms. The Bertz CT molecular complexity index is 485. The Morgan fingerprint density at radius 3 is 3.10 bits per heavy atom. The number of ether oxygens (including phenoxy) is 1. The first-order valence-corrected chi connectivity index (χ1v) is 8.63. The van der Waals surface area contributed by atoms with Crippen LogP contribution in [0, 0.1) is 5.92 Å². The molecule has 1 aromatic heterocycles. The highest BCUT2D eigenvalue weighted by molar-refractivity contribution is 7.09. The van der Waals surface area contributed by atoms with E-state index in [2.05, 4.69) is 10.3 Å². The molecule has 0 radical (unpaired) electrons. The van der Waals surface area contributed by atoms with Crippen LogP contribution in [0.3, 0.4) is 0 Å². The average molecular weight is 310 g/mol. The maximum atomic E-state index is 12.1. The molecule has 5 nitrogen and oxygen atoms in total. The van der Waals surface area contributed by atoms with Crippen molar-refractivity contribution in [3.63, 3.8) is 0 Å². The molecule has 6 heteroatoms. The monoisotopic (exact) mass is 310 g/mol. The summed E-state index contributed by atoms with van der Waals surface area (Å²) in [4.78, 5) is 16.5. The Balaban J connectivity index is 1.50. The maximum Gasteiger partial charge on any atom is 0.270 e. The number of aliphatic hydroxyl groups excluding tert-OH is 1. The van der Waals surface area contributed by atoms with Crippen LogP contribution in [0.5, 0.6) is 0 Å². The molecular weight excluding hydrogens is 288 g/mol. The fourth-order valence-electron chi connectivity index (χ4n) is 3.09. The van der Waals surface area contributed by atoms with E-state index in [1.54, 1.807) is 0 Å². The summed E-state index contributed by atoms with van der Waals surface area (Å²) < 4.78 is 5.59. The zero-order valence-corrected chi connectivity index (χ0v) is 12.9. The van der Waals surface area contributed by atoms with Gasteiger partial charge in [0.2, 0.25) is 0 Å². The summed E-state index contributed by atoms with van der Waals surface area (Å²) in [7, 11) is 0. The molecule has 0 aromatic carbocycles. The quantitative estimate of drug-likeness (QED) is 0.895. The number of carbonyl (C=O) groups is 1. The van der Waals surface area contributed by atoms with Crippen molar-refractivity contribution in [1.29, 1.82) is 0 Å². The number of hydrogen-bond donors (Lipinski definition) is 2. The molecule has 1 saturated heterocycles. The van der Waals surface area contributed by atoms with Crippen LogP contribution >= 0.6 is 11.3 Å². The van der Waals surface area contributed by atoms with Crippen molar-refractivity contribution in [2.75, 3.05) is 13.2 Å². The molecule has 3 atom stereocenters. The van der Waals surface area contributed by atoms with Gasteiger partial charge in [0, 0.05) is 18.5 Å². The summed E-state index contributed by atoms with van der Waals surface area (Å²) in [5.74, 6) is 0.268. The lowest BCUT2D eigenvalue weighted by molar-refractivity contribution is 0.0869. The molecular formula is C15H22N2O3S. The van der Waals surface area contributed by atoms with E-state index in [1.165, 1.54) is 11.3 Å². The molecule has 2 heterocycles. The van der Waals surface area contributed by atoms with E-state index in [0.717, 1.165) is 50.1 Å². The number of nitrogens with one attached hydrogen (secondary N) is 1. The van der Waals surface area contributed by atoms with E-state index in [4.69, 9.17) is 4.74 Å². The third-order valence-electron chi connectivity index (χ3n) is 4.27. The molecule has 2 N–H and O–H groups in total. The zero-order chi connectivity index (χ0) is 14.7. The Labute approximate surface area is 128 Å². The van der Waals surface area contributed by atoms with Crippen molar-refractivity contribution in [3.05, 3.63) is 16.1 Å². The van der Waals surface area contributed by atoms with Crippen LogP contribution in [0.25, 0.3) is 0 Å². The lowest BCUT2D eigenvalue weighted by Crippen LogP contribution is -2.33. The number of aromatic nitrogens is 1. The summed E-state index contributed by atoms with van der Waals surface area (Å²) in [5, 5.41) is 15.3. The van der Waals surface area contributed by atoms with Crippen LogP contribution in [0.1, 0.15) is 60.1 Å². The first-order valence-electron chi connectivity index (χ1n) is 7.75. The van der Waals surface area contributed by atoms with Gasteiger partial charge in [-0.05, 0) is 38.0 Å². The van der Waals surface area contributed by atoms with Crippen LogP contribution in [-0.2, 0) is 4.74 Å². The van der Waals surface area contributed by atoms with Gasteiger partial charge < -0.3 is 15.2 Å². The average Bonchev–Trinajstić information content (AvgIpc) is 3.15. The Morgan fingerprint density at radius 1 is 1.43 bits per heavy atom. The summed E-state index contributed by atoms with van der Waals surface area (Å²) in [6, 6.07) is 0. The van der Waals surface area contributed by atoms with Gasteiger partial charge in [-0.3, -0.25) is 4.79 Å². The fourth-order valence-corrected chi connectivity index (χ4v) is 3.97. The fraction of sp³-hybridized carbons (Fsp3) is 0.733. The minimum absolute atomic E-state index is 0.0741. The number of nitrogens with zero attached hydrogens (tertiary/aromatic N) is 1. The molecule has 0 spiro atoms. The van der Waals surface area contributed by atoms with Crippen LogP contribution in [-0.4, -0.2) is 35.3 Å². The van der Waals surface area contributed by atoms with Crippen molar-refractivity contribution < 1.29 is 14.6 Å². The molecule has 21 heavy (non-hydrogen) atoms. The number of aliphatic hydroxyl groups is 1. The molecule has 3 rings (SSSR count). The van der Waals surface area contributed by atoms with E-state index in [-0.39, 0.29) is 18.1 Å². The van der Waals surface area contributed by atoms with E-state index >= 15 is 0 Å². The second-order valence-corrected chi connectivity index (χ2v) is 6.86. The zero-order valence-electron chi connectivity index (χ0n) is 12.1. The standard InChI is InChI=1S/C15H22N2O3S/c18-11-4-1-3-10(7-11)8-16-14(19)12-9-21-15(17-12)13-5-2-6-20-13/h9-11,13,18H,1-8H2,(H,16,19). The number of thiazole rings is 1. The van der Waals surface area contributed by atoms with E-state index in [1.807, 2.05) is 5.38 Å². The van der Waals surface area contributed by atoms with Gasteiger partial charge in [-0.15, -0.1) is 11.3 Å². The van der Waals surface area contributed by atoms with Gasteiger partial charge >= 0.3 is 0 Å². The van der Waals surface area contributed by atoms with Crippen molar-refractivity contribution in [1.82, 2.24) is 10.3 Å². The third kappa shape index (κ3) is 3.81. The molecule has 1 amide bonds. The molecule has 1 aliphatic carbocycles. The second-order valence-electron chi connectivity index (χ2n) is 5.97. The Kier molecular flexibility index (Phi) is 4.87. The molecule has 1 aliphatic heterocycles. The molecule has 1 aromatic rings. The first-order chi connectivity index (χ1) is 10.2. The van der Waals surface area contributed by atoms with Crippen molar-refractivity contribution >= 4 is 17.2 Å². The summed E-state index contributed by atoms with van der Waals surface area (Å²) >= 11 is 1.50. The lowest BCUT2D eigenvalue weighted by Gasteiger charge is -2.25. The molecule has 1 saturated carbocycles. The van der Waals surface area contributed by atoms with Crippen molar-refractivity contribution in [2.45, 2.75) is 50.7 Å². The van der Waals surface area contributed by atoms with Gasteiger partial charge in [0.15, 0.2) is 0 Å². The summed E-state index contributed by atoms with van der Waals surface area (Å²) in [6.07, 6.45) is 5.73.